The van der Waals surface area contributed by atoms with Crippen molar-refractivity contribution < 1.29 is 9.53 Å². The number of thiazole rings is 1. The van der Waals surface area contributed by atoms with E-state index < -0.39 is 5.97 Å². The summed E-state index contributed by atoms with van der Waals surface area (Å²) in [6, 6.07) is 0. The van der Waals surface area contributed by atoms with Gasteiger partial charge in [-0.1, -0.05) is 22.9 Å². The molecule has 2 aromatic rings. The molecule has 0 bridgehead atoms. The third-order valence-corrected chi connectivity index (χ3v) is 3.65. The summed E-state index contributed by atoms with van der Waals surface area (Å²) < 4.78 is 6.50. The van der Waals surface area contributed by atoms with Crippen LogP contribution in [0.25, 0.3) is 0 Å². The highest BCUT2D eigenvalue weighted by Gasteiger charge is 2.17. The normalized spacial score (nSPS) is 10.4. The molecule has 0 fully saturated rings. The van der Waals surface area contributed by atoms with Crippen molar-refractivity contribution in [1.29, 1.82) is 0 Å². The van der Waals surface area contributed by atoms with E-state index in [0.29, 0.717) is 16.6 Å². The highest BCUT2D eigenvalue weighted by molar-refractivity contribution is 7.18. The first kappa shape index (κ1) is 12.8. The number of imidazole rings is 1. The molecule has 0 amide bonds. The van der Waals surface area contributed by atoms with E-state index in [-0.39, 0.29) is 5.15 Å². The van der Waals surface area contributed by atoms with E-state index >= 15 is 0 Å². The monoisotopic (exact) mass is 286 g/mol. The van der Waals surface area contributed by atoms with Crippen LogP contribution < -0.4 is 5.32 Å². The van der Waals surface area contributed by atoms with Crippen molar-refractivity contribution in [2.75, 3.05) is 12.4 Å². The second kappa shape index (κ2) is 5.36. The van der Waals surface area contributed by atoms with Gasteiger partial charge in [0, 0.05) is 19.4 Å². The van der Waals surface area contributed by atoms with Crippen molar-refractivity contribution in [1.82, 2.24) is 14.5 Å². The lowest BCUT2D eigenvalue weighted by atomic mass is 10.6. The molecule has 0 saturated carbocycles. The minimum Gasteiger partial charge on any atom is -0.465 e. The largest absolute Gasteiger partial charge is 0.465 e. The molecule has 96 valence electrons. The van der Waals surface area contributed by atoms with E-state index in [1.54, 1.807) is 6.20 Å². The van der Waals surface area contributed by atoms with Gasteiger partial charge in [-0.3, -0.25) is 0 Å². The Morgan fingerprint density at radius 3 is 3.06 bits per heavy atom. The number of halogens is 1. The molecule has 1 N–H and O–H groups in total. The van der Waals surface area contributed by atoms with Crippen LogP contribution in [0.15, 0.2) is 12.4 Å². The average Bonchev–Trinajstić information content (AvgIpc) is 2.92. The maximum atomic E-state index is 11.4. The van der Waals surface area contributed by atoms with Gasteiger partial charge in [-0.2, -0.15) is 0 Å². The molecule has 0 atom stereocenters. The number of carbonyl (C=O) groups excluding carboxylic acids is 1. The maximum absolute atomic E-state index is 11.4. The number of methoxy groups -OCH3 is 1. The number of esters is 1. The average molecular weight is 287 g/mol. The first-order valence-corrected chi connectivity index (χ1v) is 6.26. The van der Waals surface area contributed by atoms with E-state index in [2.05, 4.69) is 20.0 Å². The van der Waals surface area contributed by atoms with Crippen molar-refractivity contribution in [3.05, 3.63) is 28.2 Å². The van der Waals surface area contributed by atoms with Crippen LogP contribution in [0, 0.1) is 0 Å². The summed E-state index contributed by atoms with van der Waals surface area (Å²) in [5.41, 5.74) is 0. The topological polar surface area (TPSA) is 69.0 Å². The Hall–Kier alpha value is -1.60. The van der Waals surface area contributed by atoms with Crippen molar-refractivity contribution in [2.45, 2.75) is 6.54 Å². The molecule has 0 aliphatic carbocycles. The second-order valence-electron chi connectivity index (χ2n) is 3.44. The summed E-state index contributed by atoms with van der Waals surface area (Å²) >= 11 is 7.00. The number of aromatic nitrogens is 3. The summed E-state index contributed by atoms with van der Waals surface area (Å²) in [6.07, 6.45) is 3.57. The minimum atomic E-state index is -0.484. The molecular formula is C10H11ClN4O2S. The van der Waals surface area contributed by atoms with Crippen molar-refractivity contribution >= 4 is 34.0 Å². The van der Waals surface area contributed by atoms with Gasteiger partial charge in [0.2, 0.25) is 0 Å². The minimum absolute atomic E-state index is 0.147. The van der Waals surface area contributed by atoms with E-state index in [0.717, 1.165) is 17.2 Å². The molecule has 0 aromatic carbocycles. The SMILES string of the molecule is COC(=O)c1sc(NCc2nccn2C)nc1Cl. The highest BCUT2D eigenvalue weighted by Crippen LogP contribution is 2.27. The number of hydrogen-bond donors (Lipinski definition) is 1. The Kier molecular flexibility index (Phi) is 3.83. The Morgan fingerprint density at radius 1 is 1.67 bits per heavy atom. The van der Waals surface area contributed by atoms with Gasteiger partial charge in [0.15, 0.2) is 15.2 Å². The molecule has 0 unspecified atom stereocenters. The van der Waals surface area contributed by atoms with Crippen molar-refractivity contribution in [3.63, 3.8) is 0 Å². The number of rotatable bonds is 4. The van der Waals surface area contributed by atoms with Crippen LogP contribution in [0.2, 0.25) is 5.15 Å². The molecule has 6 nitrogen and oxygen atoms in total. The fourth-order valence-corrected chi connectivity index (χ4v) is 2.42. The third kappa shape index (κ3) is 2.62. The molecule has 2 rings (SSSR count). The number of carbonyl (C=O) groups is 1. The maximum Gasteiger partial charge on any atom is 0.351 e. The molecule has 2 heterocycles. The van der Waals surface area contributed by atoms with E-state index in [9.17, 15) is 4.79 Å². The lowest BCUT2D eigenvalue weighted by Crippen LogP contribution is -2.05. The quantitative estimate of drug-likeness (QED) is 0.870. The predicted octanol–water partition coefficient (Wildman–Crippen LogP) is 1.93. The van der Waals surface area contributed by atoms with Gasteiger partial charge in [-0.05, 0) is 0 Å². The number of ether oxygens (including phenoxy) is 1. The summed E-state index contributed by atoms with van der Waals surface area (Å²) in [5.74, 6) is 0.378. The third-order valence-electron chi connectivity index (χ3n) is 2.28. The van der Waals surface area contributed by atoms with Crippen LogP contribution in [-0.2, 0) is 18.3 Å². The molecule has 0 aliphatic rings. The lowest BCUT2D eigenvalue weighted by molar-refractivity contribution is 0.0606. The van der Waals surface area contributed by atoms with Crippen molar-refractivity contribution in [2.24, 2.45) is 7.05 Å². The van der Waals surface area contributed by atoms with Crippen LogP contribution in [0.5, 0.6) is 0 Å². The summed E-state index contributed by atoms with van der Waals surface area (Å²) in [7, 11) is 3.21. The Balaban J connectivity index is 2.07. The van der Waals surface area contributed by atoms with Gasteiger partial charge in [0.25, 0.3) is 0 Å². The second-order valence-corrected chi connectivity index (χ2v) is 4.80. The zero-order valence-corrected chi connectivity index (χ0v) is 11.4. The van der Waals surface area contributed by atoms with E-state index in [4.69, 9.17) is 11.6 Å². The first-order chi connectivity index (χ1) is 8.61. The molecule has 18 heavy (non-hydrogen) atoms. The molecule has 0 aliphatic heterocycles. The van der Waals surface area contributed by atoms with Gasteiger partial charge >= 0.3 is 5.97 Å². The van der Waals surface area contributed by atoms with Crippen LogP contribution in [0.3, 0.4) is 0 Å². The fraction of sp³-hybridized carbons (Fsp3) is 0.300. The number of nitrogens with one attached hydrogen (secondary N) is 1. The summed E-state index contributed by atoms with van der Waals surface area (Å²) in [5, 5.41) is 3.77. The first-order valence-electron chi connectivity index (χ1n) is 5.06. The molecule has 2 aromatic heterocycles. The van der Waals surface area contributed by atoms with Crippen LogP contribution in [0.1, 0.15) is 15.5 Å². The molecule has 0 saturated heterocycles. The standard InChI is InChI=1S/C10H11ClN4O2S/c1-15-4-3-12-6(15)5-13-10-14-8(11)7(18-10)9(16)17-2/h3-4H,5H2,1-2H3,(H,13,14). The molecular weight excluding hydrogens is 276 g/mol. The van der Waals surface area contributed by atoms with Gasteiger partial charge < -0.3 is 14.6 Å². The van der Waals surface area contributed by atoms with Gasteiger partial charge in [-0.15, -0.1) is 0 Å². The van der Waals surface area contributed by atoms with Gasteiger partial charge in [0.1, 0.15) is 5.82 Å². The Labute approximate surface area is 113 Å². The number of hydrogen-bond acceptors (Lipinski definition) is 6. The summed E-state index contributed by atoms with van der Waals surface area (Å²) in [6.45, 7) is 0.508. The summed E-state index contributed by atoms with van der Waals surface area (Å²) in [4.78, 5) is 19.9. The molecule has 8 heteroatoms. The van der Waals surface area contributed by atoms with Gasteiger partial charge in [0.05, 0.1) is 13.7 Å². The van der Waals surface area contributed by atoms with E-state index in [1.807, 2.05) is 17.8 Å². The lowest BCUT2D eigenvalue weighted by Gasteiger charge is -2.02. The van der Waals surface area contributed by atoms with Gasteiger partial charge in [-0.25, -0.2) is 14.8 Å². The Morgan fingerprint density at radius 2 is 2.44 bits per heavy atom. The van der Waals surface area contributed by atoms with Crippen LogP contribution in [0.4, 0.5) is 5.13 Å². The van der Waals surface area contributed by atoms with Crippen LogP contribution in [-0.4, -0.2) is 27.6 Å². The number of nitrogens with zero attached hydrogens (tertiary/aromatic N) is 3. The smallest absolute Gasteiger partial charge is 0.351 e. The highest BCUT2D eigenvalue weighted by atomic mass is 35.5. The fourth-order valence-electron chi connectivity index (χ4n) is 1.32. The zero-order valence-electron chi connectivity index (χ0n) is 9.81. The van der Waals surface area contributed by atoms with Crippen molar-refractivity contribution in [3.8, 4) is 0 Å². The predicted molar refractivity (Wildman–Crippen MR) is 69.0 cm³/mol. The molecule has 0 spiro atoms. The zero-order chi connectivity index (χ0) is 13.1. The van der Waals surface area contributed by atoms with E-state index in [1.165, 1.54) is 7.11 Å². The Bertz CT molecular complexity index is 566. The number of aryl methyl sites for hydroxylation is 1. The number of anilines is 1. The van der Waals surface area contributed by atoms with Crippen LogP contribution >= 0.6 is 22.9 Å². The molecule has 0 radical (unpaired) electrons.